The van der Waals surface area contributed by atoms with Crippen molar-refractivity contribution >= 4 is 19.0 Å². The third-order valence-electron chi connectivity index (χ3n) is 4.74. The molecule has 0 atom stereocenters. The molecule has 226 valence electrons. The van der Waals surface area contributed by atoms with Crippen LogP contribution in [0, 0.1) is 35.1 Å². The second-order valence-corrected chi connectivity index (χ2v) is 13.3. The number of halogens is 2. The summed E-state index contributed by atoms with van der Waals surface area (Å²) in [5.41, 5.74) is 5.84. The van der Waals surface area contributed by atoms with Gasteiger partial charge in [-0.25, -0.2) is 46.6 Å². The summed E-state index contributed by atoms with van der Waals surface area (Å²) in [5, 5.41) is 0. The van der Waals surface area contributed by atoms with Gasteiger partial charge in [-0.15, -0.1) is 25.7 Å². The molecule has 40 heavy (non-hydrogen) atoms. The average Bonchev–Trinajstić information content (AvgIpc) is 3.57. The molecule has 0 bridgehead atoms. The van der Waals surface area contributed by atoms with Crippen molar-refractivity contribution in [1.82, 2.24) is 0 Å². The van der Waals surface area contributed by atoms with E-state index in [1.165, 1.54) is 22.3 Å². The number of hydrogen-bond acceptors (Lipinski definition) is 0. The van der Waals surface area contributed by atoms with E-state index in [1.807, 2.05) is 0 Å². The molecule has 4 aliphatic rings. The summed E-state index contributed by atoms with van der Waals surface area (Å²) in [6.07, 6.45) is 33.9. The molecule has 0 nitrogen and oxygen atoms in total. The van der Waals surface area contributed by atoms with Crippen LogP contribution >= 0.6 is 0 Å². The molecule has 6 heteroatoms. The SMILES string of the molecule is CC(C)(C)C1=[C-]CC=C1.CC(C)(C)C1=[C-]CC=C1.CC1=[C-]CC=C1.CC1=[C-]CC=C1.C[SiH]C.C[SiH]C.[Cl-].[Cl-].[Hf].[Hf]. The molecule has 0 saturated heterocycles. The zero-order valence-corrected chi connectivity index (χ0v) is 38.4. The van der Waals surface area contributed by atoms with Crippen molar-refractivity contribution < 1.29 is 76.5 Å². The molecule has 0 aliphatic heterocycles. The minimum absolute atomic E-state index is 0. The maximum absolute atomic E-state index is 3.30. The Morgan fingerprint density at radius 2 is 0.725 bits per heavy atom. The van der Waals surface area contributed by atoms with Crippen LogP contribution in [0.3, 0.4) is 0 Å². The van der Waals surface area contributed by atoms with E-state index >= 15 is 0 Å². The quantitative estimate of drug-likeness (QED) is 0.256. The van der Waals surface area contributed by atoms with Gasteiger partial charge in [0.15, 0.2) is 0 Å². The fourth-order valence-corrected chi connectivity index (χ4v) is 2.87. The standard InChI is InChI=1S/2C9H13.2C6H7.2C2H7Si.2ClH.2Hf/c2*1-9(2,3)8-6-4-5-7-8;2*1-6-4-2-3-5-6;2*1-3-2;;;;/h2*4,6H,5H2,1-3H3;2*2,4H,3H2,1H3;2*3H,1-2H3;2*1H;;/q4*-1;;;;;;/p-2. The predicted molar refractivity (Wildman–Crippen MR) is 170 cm³/mol. The summed E-state index contributed by atoms with van der Waals surface area (Å²) >= 11 is 0. The molecule has 0 aromatic rings. The fraction of sp³-hybridized carbons (Fsp3) is 0.529. The number of allylic oxidation sites excluding steroid dienone is 16. The van der Waals surface area contributed by atoms with Crippen LogP contribution in [-0.4, -0.2) is 19.0 Å². The molecule has 0 fully saturated rings. The maximum Gasteiger partial charge on any atom is 0.0213 e. The Hall–Kier alpha value is 0.674. The summed E-state index contributed by atoms with van der Waals surface area (Å²) in [6, 6.07) is 0. The molecular formula is C34H54Cl2Hf2Si2-6. The van der Waals surface area contributed by atoms with E-state index in [4.69, 9.17) is 0 Å². The Labute approximate surface area is 306 Å². The topological polar surface area (TPSA) is 0 Å². The molecule has 0 heterocycles. The molecule has 0 spiro atoms. The fourth-order valence-electron chi connectivity index (χ4n) is 2.87. The van der Waals surface area contributed by atoms with Crippen LogP contribution in [0.5, 0.6) is 0 Å². The first kappa shape index (κ1) is 53.3. The van der Waals surface area contributed by atoms with Gasteiger partial charge in [0.2, 0.25) is 0 Å². The Morgan fingerprint density at radius 1 is 0.500 bits per heavy atom. The van der Waals surface area contributed by atoms with E-state index in [0.29, 0.717) is 10.8 Å². The van der Waals surface area contributed by atoms with Crippen LogP contribution in [-0.2, 0) is 51.7 Å². The van der Waals surface area contributed by atoms with Gasteiger partial charge in [0, 0.05) is 70.7 Å². The number of rotatable bonds is 0. The van der Waals surface area contributed by atoms with Crippen molar-refractivity contribution in [3.8, 4) is 0 Å². The van der Waals surface area contributed by atoms with Crippen molar-refractivity contribution in [2.45, 2.75) is 107 Å². The van der Waals surface area contributed by atoms with E-state index in [1.54, 1.807) is 0 Å². The third kappa shape index (κ3) is 33.2. The van der Waals surface area contributed by atoms with E-state index in [-0.39, 0.29) is 76.5 Å². The van der Waals surface area contributed by atoms with Gasteiger partial charge in [-0.2, -0.15) is 24.3 Å². The van der Waals surface area contributed by atoms with Gasteiger partial charge in [0.25, 0.3) is 0 Å². The monoisotopic (exact) mass is 948 g/mol. The molecule has 0 N–H and O–H groups in total. The smallest absolute Gasteiger partial charge is 0.0213 e. The summed E-state index contributed by atoms with van der Waals surface area (Å²) in [5.74, 6) is 0. The summed E-state index contributed by atoms with van der Waals surface area (Å²) < 4.78 is 0. The van der Waals surface area contributed by atoms with Crippen LogP contribution in [0.15, 0.2) is 70.9 Å². The van der Waals surface area contributed by atoms with Gasteiger partial charge < -0.3 is 24.8 Å². The van der Waals surface area contributed by atoms with Crippen LogP contribution in [0.1, 0.15) is 81.1 Å². The Morgan fingerprint density at radius 3 is 0.800 bits per heavy atom. The molecule has 0 amide bonds. The van der Waals surface area contributed by atoms with E-state index in [0.717, 1.165) is 44.7 Å². The van der Waals surface area contributed by atoms with Crippen LogP contribution in [0.4, 0.5) is 0 Å². The van der Waals surface area contributed by atoms with Gasteiger partial charge in [-0.3, -0.25) is 24.3 Å². The van der Waals surface area contributed by atoms with Crippen LogP contribution in [0.25, 0.3) is 0 Å². The van der Waals surface area contributed by atoms with Gasteiger partial charge in [-0.1, -0.05) is 81.6 Å². The van der Waals surface area contributed by atoms with Gasteiger partial charge >= 0.3 is 0 Å². The second kappa shape index (κ2) is 32.6. The first-order valence-corrected chi connectivity index (χ1v) is 18.0. The first-order valence-electron chi connectivity index (χ1n) is 13.3. The molecule has 4 aliphatic carbocycles. The normalized spacial score (nSPS) is 14.7. The summed E-state index contributed by atoms with van der Waals surface area (Å²) in [4.78, 5) is 0. The Balaban J connectivity index is -0.0000000885. The molecular weight excluding hydrogens is 892 g/mol. The van der Waals surface area contributed by atoms with E-state index in [9.17, 15) is 0 Å². The molecule has 0 saturated carbocycles. The molecule has 0 aromatic heterocycles. The largest absolute Gasteiger partial charge is 1.00 e. The van der Waals surface area contributed by atoms with Crippen LogP contribution in [0.2, 0.25) is 26.2 Å². The second-order valence-electron chi connectivity index (χ2n) is 11.0. The minimum Gasteiger partial charge on any atom is -1.00 e. The zero-order chi connectivity index (χ0) is 28.0. The molecule has 0 aromatic carbocycles. The zero-order valence-electron chi connectivity index (χ0n) is 27.4. The summed E-state index contributed by atoms with van der Waals surface area (Å²) in [7, 11) is 1.50. The van der Waals surface area contributed by atoms with Crippen molar-refractivity contribution in [2.75, 3.05) is 0 Å². The number of hydrogen-bond donors (Lipinski definition) is 0. The van der Waals surface area contributed by atoms with Gasteiger partial charge in [0.1, 0.15) is 0 Å². The maximum atomic E-state index is 3.30. The Bertz CT molecular complexity index is 757. The third-order valence-corrected chi connectivity index (χ3v) is 4.74. The first-order chi connectivity index (χ1) is 16.8. The van der Waals surface area contributed by atoms with Crippen LogP contribution < -0.4 is 24.8 Å². The minimum atomic E-state index is 0. The van der Waals surface area contributed by atoms with Crippen molar-refractivity contribution in [3.63, 3.8) is 0 Å². The van der Waals surface area contributed by atoms with Crippen molar-refractivity contribution in [1.29, 1.82) is 0 Å². The van der Waals surface area contributed by atoms with Gasteiger partial charge in [-0.05, 0) is 10.8 Å². The molecule has 4 rings (SSSR count). The molecule has 0 unspecified atom stereocenters. The summed E-state index contributed by atoms with van der Waals surface area (Å²) in [6.45, 7) is 26.2. The van der Waals surface area contributed by atoms with E-state index in [2.05, 4.69) is 154 Å². The van der Waals surface area contributed by atoms with Crippen molar-refractivity contribution in [3.05, 3.63) is 95.2 Å². The van der Waals surface area contributed by atoms with Gasteiger partial charge in [0.05, 0.1) is 0 Å². The Kier molecular flexibility index (Phi) is 43.4. The predicted octanol–water partition coefficient (Wildman–Crippen LogP) is 3.88. The molecule has 2 radical (unpaired) electrons. The average molecular weight is 947 g/mol. The van der Waals surface area contributed by atoms with E-state index < -0.39 is 0 Å². The van der Waals surface area contributed by atoms with Crippen molar-refractivity contribution in [2.24, 2.45) is 10.8 Å².